The molecule has 92 valence electrons. The molecule has 0 amide bonds. The fraction of sp³-hybridized carbons (Fsp3) is 1.00. The monoisotopic (exact) mass is 254 g/mol. The molecule has 0 N–H and O–H groups in total. The van der Waals surface area contributed by atoms with Crippen LogP contribution in [-0.4, -0.2) is 29.3 Å². The van der Waals surface area contributed by atoms with E-state index in [1.807, 2.05) is 13.1 Å². The van der Waals surface area contributed by atoms with Crippen LogP contribution in [0.5, 0.6) is 0 Å². The Kier molecular flexibility index (Phi) is 4.97. The summed E-state index contributed by atoms with van der Waals surface area (Å²) in [5.41, 5.74) is 0. The van der Waals surface area contributed by atoms with Crippen LogP contribution in [0.1, 0.15) is 27.7 Å². The third-order valence-corrected chi connectivity index (χ3v) is 8.36. The Bertz CT molecular complexity index is 290. The fourth-order valence-corrected chi connectivity index (χ4v) is 3.27. The van der Waals surface area contributed by atoms with Gasteiger partial charge in [-0.2, -0.15) is 8.42 Å². The van der Waals surface area contributed by atoms with Crippen LogP contribution in [0.4, 0.5) is 0 Å². The predicted molar refractivity (Wildman–Crippen MR) is 63.7 cm³/mol. The molecule has 0 aromatic carbocycles. The van der Waals surface area contributed by atoms with Crippen LogP contribution < -0.4 is 0 Å². The highest BCUT2D eigenvalue weighted by Gasteiger charge is 2.38. The second kappa shape index (κ2) is 4.95. The van der Waals surface area contributed by atoms with Gasteiger partial charge in [0.1, 0.15) is 0 Å². The molecule has 4 nitrogen and oxygen atoms in total. The first-order valence-corrected chi connectivity index (χ1v) is 9.51. The van der Waals surface area contributed by atoms with Crippen LogP contribution in [-0.2, 0) is 18.7 Å². The van der Waals surface area contributed by atoms with Crippen LogP contribution in [0.2, 0.25) is 18.1 Å². The van der Waals surface area contributed by atoms with Gasteiger partial charge in [0.15, 0.2) is 14.3 Å². The lowest BCUT2D eigenvalue weighted by atomic mass is 10.2. The van der Waals surface area contributed by atoms with Crippen molar-refractivity contribution in [2.75, 3.05) is 12.5 Å². The van der Waals surface area contributed by atoms with Crippen molar-refractivity contribution in [2.45, 2.75) is 45.8 Å². The van der Waals surface area contributed by atoms with E-state index in [1.165, 1.54) is 0 Å². The summed E-state index contributed by atoms with van der Waals surface area (Å²) in [5, 5.41) is 0.00867. The summed E-state index contributed by atoms with van der Waals surface area (Å²) in [6.45, 7) is 12.0. The molecule has 0 saturated heterocycles. The molecule has 0 aliphatic heterocycles. The Morgan fingerprint density at radius 3 is 2.00 bits per heavy atom. The average Bonchev–Trinajstić information content (AvgIpc) is 1.99. The van der Waals surface area contributed by atoms with Crippen molar-refractivity contribution in [3.63, 3.8) is 0 Å². The normalized spacial score (nSPS) is 14.3. The molecule has 0 aromatic rings. The number of hydrogen-bond donors (Lipinski definition) is 0. The standard InChI is InChI=1S/C9H22O4SSi/c1-7-12-14(10,11)8-13-15(5,6)9(2,3)4/h7-8H2,1-6H3. The van der Waals surface area contributed by atoms with Gasteiger partial charge in [-0.3, -0.25) is 4.18 Å². The summed E-state index contributed by atoms with van der Waals surface area (Å²) in [4.78, 5) is 0. The van der Waals surface area contributed by atoms with E-state index in [2.05, 4.69) is 25.0 Å². The van der Waals surface area contributed by atoms with Gasteiger partial charge in [-0.05, 0) is 25.1 Å². The second-order valence-corrected chi connectivity index (χ2v) is 11.4. The molecule has 0 bridgehead atoms. The summed E-state index contributed by atoms with van der Waals surface area (Å²) in [5.74, 6) is -0.336. The van der Waals surface area contributed by atoms with Crippen molar-refractivity contribution in [3.05, 3.63) is 0 Å². The van der Waals surface area contributed by atoms with E-state index in [-0.39, 0.29) is 17.6 Å². The molecule has 0 spiro atoms. The van der Waals surface area contributed by atoms with Gasteiger partial charge in [-0.1, -0.05) is 20.8 Å². The molecular formula is C9H22O4SSi. The first kappa shape index (κ1) is 15.1. The Morgan fingerprint density at radius 1 is 1.20 bits per heavy atom. The van der Waals surface area contributed by atoms with E-state index < -0.39 is 18.4 Å². The van der Waals surface area contributed by atoms with Gasteiger partial charge < -0.3 is 4.43 Å². The highest BCUT2D eigenvalue weighted by Crippen LogP contribution is 2.36. The zero-order chi connectivity index (χ0) is 12.3. The van der Waals surface area contributed by atoms with Gasteiger partial charge in [0.05, 0.1) is 6.61 Å². The Morgan fingerprint density at radius 2 is 1.67 bits per heavy atom. The summed E-state index contributed by atoms with van der Waals surface area (Å²) in [7, 11) is -5.52. The summed E-state index contributed by atoms with van der Waals surface area (Å²) >= 11 is 0. The van der Waals surface area contributed by atoms with Crippen LogP contribution in [0.15, 0.2) is 0 Å². The van der Waals surface area contributed by atoms with Crippen molar-refractivity contribution in [1.82, 2.24) is 0 Å². The molecule has 0 fully saturated rings. The van der Waals surface area contributed by atoms with Crippen molar-refractivity contribution < 1.29 is 17.0 Å². The van der Waals surface area contributed by atoms with E-state index in [0.717, 1.165) is 0 Å². The smallest absolute Gasteiger partial charge is 0.290 e. The Balaban J connectivity index is 4.40. The van der Waals surface area contributed by atoms with Crippen molar-refractivity contribution >= 4 is 18.4 Å². The predicted octanol–water partition coefficient (Wildman–Crippen LogP) is 2.33. The highest BCUT2D eigenvalue weighted by atomic mass is 32.2. The molecule has 0 heterocycles. The molecule has 0 aromatic heterocycles. The quantitative estimate of drug-likeness (QED) is 0.558. The molecule has 6 heteroatoms. The minimum absolute atomic E-state index is 0.00867. The third kappa shape index (κ3) is 5.10. The van der Waals surface area contributed by atoms with Gasteiger partial charge >= 0.3 is 0 Å². The van der Waals surface area contributed by atoms with E-state index in [1.54, 1.807) is 6.92 Å². The maximum atomic E-state index is 11.3. The molecule has 0 unspecified atom stereocenters. The molecule has 0 aliphatic carbocycles. The number of rotatable bonds is 5. The number of hydrogen-bond acceptors (Lipinski definition) is 4. The largest absolute Gasteiger partial charge is 0.401 e. The lowest BCUT2D eigenvalue weighted by Crippen LogP contribution is -2.42. The van der Waals surface area contributed by atoms with Crippen LogP contribution in [0.25, 0.3) is 0 Å². The van der Waals surface area contributed by atoms with Crippen LogP contribution in [0, 0.1) is 0 Å². The van der Waals surface area contributed by atoms with Gasteiger partial charge in [-0.25, -0.2) is 0 Å². The summed E-state index contributed by atoms with van der Waals surface area (Å²) < 4.78 is 32.7. The molecule has 0 radical (unpaired) electrons. The Labute approximate surface area is 94.2 Å². The molecule has 0 rings (SSSR count). The van der Waals surface area contributed by atoms with E-state index in [0.29, 0.717) is 0 Å². The minimum atomic E-state index is -3.51. The zero-order valence-corrected chi connectivity index (χ0v) is 12.3. The zero-order valence-electron chi connectivity index (χ0n) is 10.5. The van der Waals surface area contributed by atoms with Crippen molar-refractivity contribution in [2.24, 2.45) is 0 Å². The van der Waals surface area contributed by atoms with Crippen molar-refractivity contribution in [3.8, 4) is 0 Å². The van der Waals surface area contributed by atoms with Crippen LogP contribution in [0.3, 0.4) is 0 Å². The molecule has 15 heavy (non-hydrogen) atoms. The van der Waals surface area contributed by atoms with Gasteiger partial charge in [0.2, 0.25) is 0 Å². The third-order valence-electron chi connectivity index (χ3n) is 2.67. The van der Waals surface area contributed by atoms with Crippen molar-refractivity contribution in [1.29, 1.82) is 0 Å². The molecular weight excluding hydrogens is 232 g/mol. The topological polar surface area (TPSA) is 52.6 Å². The fourth-order valence-electron chi connectivity index (χ4n) is 0.650. The summed E-state index contributed by atoms with van der Waals surface area (Å²) in [6.07, 6.45) is 0. The Hall–Kier alpha value is 0.0869. The average molecular weight is 254 g/mol. The van der Waals surface area contributed by atoms with Gasteiger partial charge in [0.25, 0.3) is 10.1 Å². The lowest BCUT2D eigenvalue weighted by molar-refractivity contribution is 0.287. The van der Waals surface area contributed by atoms with Gasteiger partial charge in [-0.15, -0.1) is 0 Å². The highest BCUT2D eigenvalue weighted by molar-refractivity contribution is 7.86. The minimum Gasteiger partial charge on any atom is -0.401 e. The first-order chi connectivity index (χ1) is 6.52. The first-order valence-electron chi connectivity index (χ1n) is 5.03. The van der Waals surface area contributed by atoms with Gasteiger partial charge in [0, 0.05) is 0 Å². The van der Waals surface area contributed by atoms with E-state index >= 15 is 0 Å². The van der Waals surface area contributed by atoms with Crippen LogP contribution >= 0.6 is 0 Å². The maximum absolute atomic E-state index is 11.3. The summed E-state index contributed by atoms with van der Waals surface area (Å²) in [6, 6.07) is 0. The maximum Gasteiger partial charge on any atom is 0.290 e. The molecule has 0 saturated carbocycles. The SMILES string of the molecule is CCOS(=O)(=O)CO[Si](C)(C)C(C)(C)C. The lowest BCUT2D eigenvalue weighted by Gasteiger charge is -2.35. The molecule has 0 aliphatic rings. The van der Waals surface area contributed by atoms with E-state index in [9.17, 15) is 8.42 Å². The molecule has 0 atom stereocenters. The second-order valence-electron chi connectivity index (χ2n) is 4.99. The van der Waals surface area contributed by atoms with E-state index in [4.69, 9.17) is 4.43 Å².